The molecule has 0 aliphatic heterocycles. The Kier molecular flexibility index (Phi) is 4.48. The molecule has 1 aromatic heterocycles. The minimum absolute atomic E-state index is 0.500. The van der Waals surface area contributed by atoms with Crippen LogP contribution in [0.3, 0.4) is 0 Å². The lowest BCUT2D eigenvalue weighted by atomic mass is 10.2. The molecule has 0 saturated heterocycles. The lowest BCUT2D eigenvalue weighted by molar-refractivity contribution is 0.940. The van der Waals surface area contributed by atoms with Gasteiger partial charge < -0.3 is 5.73 Å². The van der Waals surface area contributed by atoms with Crippen LogP contribution >= 0.6 is 39.3 Å². The number of halogens is 2. The molecule has 0 aliphatic rings. The van der Waals surface area contributed by atoms with E-state index < -0.39 is 0 Å². The zero-order valence-corrected chi connectivity index (χ0v) is 12.8. The maximum atomic E-state index is 5.90. The number of rotatable bonds is 3. The van der Waals surface area contributed by atoms with Crippen molar-refractivity contribution in [1.82, 2.24) is 9.97 Å². The average molecular weight is 345 g/mol. The number of nitrogens with two attached hydrogens (primary N) is 1. The number of thioether (sulfide) groups is 1. The Labute approximate surface area is 123 Å². The third-order valence-electron chi connectivity index (χ3n) is 2.23. The molecule has 0 fully saturated rings. The summed E-state index contributed by atoms with van der Waals surface area (Å²) in [5.41, 5.74) is 7.71. The van der Waals surface area contributed by atoms with Crippen molar-refractivity contribution in [2.45, 2.75) is 17.8 Å². The summed E-state index contributed by atoms with van der Waals surface area (Å²) in [4.78, 5) is 8.51. The Balaban J connectivity index is 2.11. The first kappa shape index (κ1) is 13.6. The van der Waals surface area contributed by atoms with Gasteiger partial charge in [0, 0.05) is 27.0 Å². The van der Waals surface area contributed by atoms with Gasteiger partial charge in [-0.3, -0.25) is 0 Å². The lowest BCUT2D eigenvalue weighted by Gasteiger charge is -2.05. The van der Waals surface area contributed by atoms with Crippen LogP contribution in [-0.4, -0.2) is 9.97 Å². The fourth-order valence-electron chi connectivity index (χ4n) is 1.41. The Hall–Kier alpha value is -0.780. The number of aryl methyl sites for hydroxylation is 1. The van der Waals surface area contributed by atoms with E-state index in [0.29, 0.717) is 16.0 Å². The van der Waals surface area contributed by atoms with Crippen molar-refractivity contribution < 1.29 is 0 Å². The third kappa shape index (κ3) is 3.60. The van der Waals surface area contributed by atoms with E-state index in [-0.39, 0.29) is 0 Å². The number of hydrogen-bond donors (Lipinski definition) is 1. The van der Waals surface area contributed by atoms with E-state index in [9.17, 15) is 0 Å². The lowest BCUT2D eigenvalue weighted by Crippen LogP contribution is -1.96. The molecule has 0 saturated carbocycles. The first-order valence-corrected chi connectivity index (χ1v) is 7.38. The minimum atomic E-state index is 0.500. The number of anilines is 1. The maximum Gasteiger partial charge on any atom is 0.190 e. The molecular formula is C12H11BrClN3S. The van der Waals surface area contributed by atoms with Crippen LogP contribution in [0.15, 0.2) is 33.9 Å². The van der Waals surface area contributed by atoms with Gasteiger partial charge >= 0.3 is 0 Å². The minimum Gasteiger partial charge on any atom is -0.384 e. The molecule has 0 spiro atoms. The molecule has 94 valence electrons. The summed E-state index contributed by atoms with van der Waals surface area (Å²) in [7, 11) is 0. The highest BCUT2D eigenvalue weighted by Crippen LogP contribution is 2.27. The fourth-order valence-corrected chi connectivity index (χ4v) is 3.33. The molecule has 0 radical (unpaired) electrons. The van der Waals surface area contributed by atoms with Gasteiger partial charge in [0.15, 0.2) is 5.16 Å². The van der Waals surface area contributed by atoms with Crippen molar-refractivity contribution in [3.05, 3.63) is 45.0 Å². The average Bonchev–Trinajstić information content (AvgIpc) is 2.26. The summed E-state index contributed by atoms with van der Waals surface area (Å²) >= 11 is 10.9. The van der Waals surface area contributed by atoms with E-state index in [0.717, 1.165) is 21.5 Å². The summed E-state index contributed by atoms with van der Waals surface area (Å²) in [6.45, 7) is 1.90. The topological polar surface area (TPSA) is 51.8 Å². The second-order valence-electron chi connectivity index (χ2n) is 3.74. The van der Waals surface area contributed by atoms with Crippen LogP contribution in [0.2, 0.25) is 5.02 Å². The van der Waals surface area contributed by atoms with Crippen molar-refractivity contribution in [3.8, 4) is 0 Å². The Morgan fingerprint density at radius 3 is 2.78 bits per heavy atom. The zero-order valence-electron chi connectivity index (χ0n) is 9.65. The molecule has 1 aromatic carbocycles. The maximum absolute atomic E-state index is 5.90. The van der Waals surface area contributed by atoms with Crippen LogP contribution in [0.5, 0.6) is 0 Å². The highest BCUT2D eigenvalue weighted by atomic mass is 79.9. The molecule has 0 unspecified atom stereocenters. The highest BCUT2D eigenvalue weighted by molar-refractivity contribution is 9.10. The summed E-state index contributed by atoms with van der Waals surface area (Å²) < 4.78 is 0.989. The predicted octanol–water partition coefficient (Wildman–Crippen LogP) is 4.08. The first-order valence-electron chi connectivity index (χ1n) is 5.22. The van der Waals surface area contributed by atoms with Crippen molar-refractivity contribution in [1.29, 1.82) is 0 Å². The quantitative estimate of drug-likeness (QED) is 0.673. The van der Waals surface area contributed by atoms with E-state index >= 15 is 0 Å². The van der Waals surface area contributed by atoms with E-state index in [1.165, 1.54) is 0 Å². The smallest absolute Gasteiger partial charge is 0.190 e. The molecule has 0 aliphatic carbocycles. The van der Waals surface area contributed by atoms with Gasteiger partial charge in [-0.05, 0) is 24.6 Å². The largest absolute Gasteiger partial charge is 0.384 e. The van der Waals surface area contributed by atoms with Crippen LogP contribution in [0.1, 0.15) is 11.3 Å². The molecule has 0 amide bonds. The molecule has 1 heterocycles. The monoisotopic (exact) mass is 343 g/mol. The molecule has 2 N–H and O–H groups in total. The zero-order chi connectivity index (χ0) is 13.1. The molecule has 2 rings (SSSR count). The van der Waals surface area contributed by atoms with Crippen LogP contribution in [0.25, 0.3) is 0 Å². The predicted molar refractivity (Wildman–Crippen MR) is 79.9 cm³/mol. The number of hydrogen-bond acceptors (Lipinski definition) is 4. The van der Waals surface area contributed by atoms with Gasteiger partial charge in [-0.25, -0.2) is 9.97 Å². The summed E-state index contributed by atoms with van der Waals surface area (Å²) in [6, 6.07) is 7.48. The number of aromatic nitrogens is 2. The first-order chi connectivity index (χ1) is 8.54. The summed E-state index contributed by atoms with van der Waals surface area (Å²) in [5.74, 6) is 1.26. The van der Waals surface area contributed by atoms with Crippen molar-refractivity contribution in [2.24, 2.45) is 0 Å². The molecule has 0 atom stereocenters. The highest BCUT2D eigenvalue weighted by Gasteiger charge is 2.05. The van der Waals surface area contributed by atoms with Crippen molar-refractivity contribution in [2.75, 3.05) is 5.73 Å². The van der Waals surface area contributed by atoms with Crippen LogP contribution in [-0.2, 0) is 5.75 Å². The van der Waals surface area contributed by atoms with Gasteiger partial charge in [0.2, 0.25) is 0 Å². The van der Waals surface area contributed by atoms with Crippen molar-refractivity contribution >= 4 is 45.1 Å². The third-order valence-corrected chi connectivity index (χ3v) is 4.09. The second-order valence-corrected chi connectivity index (χ2v) is 5.97. The fraction of sp³-hybridized carbons (Fsp3) is 0.167. The van der Waals surface area contributed by atoms with Gasteiger partial charge in [0.25, 0.3) is 0 Å². The second kappa shape index (κ2) is 5.91. The molecular weight excluding hydrogens is 334 g/mol. The normalized spacial score (nSPS) is 10.6. The molecule has 0 bridgehead atoms. The SMILES string of the molecule is Cc1cc(N)nc(SCc2ccc(Cl)cc2Br)n1. The molecule has 6 heteroatoms. The number of nitrogens with zero attached hydrogens (tertiary/aromatic N) is 2. The standard InChI is InChI=1S/C12H11BrClN3S/c1-7-4-11(15)17-12(16-7)18-6-8-2-3-9(14)5-10(8)13/h2-5H,6H2,1H3,(H2,15,16,17). The van der Waals surface area contributed by atoms with Gasteiger partial charge in [-0.15, -0.1) is 0 Å². The van der Waals surface area contributed by atoms with Gasteiger partial charge in [0.05, 0.1) is 0 Å². The van der Waals surface area contributed by atoms with E-state index in [1.807, 2.05) is 25.1 Å². The molecule has 18 heavy (non-hydrogen) atoms. The van der Waals surface area contributed by atoms with Crippen LogP contribution < -0.4 is 5.73 Å². The summed E-state index contributed by atoms with van der Waals surface area (Å²) in [5, 5.41) is 1.40. The Morgan fingerprint density at radius 2 is 2.11 bits per heavy atom. The number of nitrogen functional groups attached to an aromatic ring is 1. The van der Waals surface area contributed by atoms with Crippen LogP contribution in [0, 0.1) is 6.92 Å². The Bertz CT molecular complexity index is 557. The number of benzene rings is 1. The van der Waals surface area contributed by atoms with Crippen LogP contribution in [0.4, 0.5) is 5.82 Å². The van der Waals surface area contributed by atoms with E-state index in [2.05, 4.69) is 25.9 Å². The van der Waals surface area contributed by atoms with Gasteiger partial charge in [-0.1, -0.05) is 45.4 Å². The Morgan fingerprint density at radius 1 is 1.33 bits per heavy atom. The van der Waals surface area contributed by atoms with E-state index in [4.69, 9.17) is 17.3 Å². The molecule has 2 aromatic rings. The van der Waals surface area contributed by atoms with Crippen molar-refractivity contribution in [3.63, 3.8) is 0 Å². The van der Waals surface area contributed by atoms with E-state index in [1.54, 1.807) is 17.8 Å². The molecule has 3 nitrogen and oxygen atoms in total. The van der Waals surface area contributed by atoms with Gasteiger partial charge in [-0.2, -0.15) is 0 Å². The summed E-state index contributed by atoms with van der Waals surface area (Å²) in [6.07, 6.45) is 0. The van der Waals surface area contributed by atoms with Gasteiger partial charge in [0.1, 0.15) is 5.82 Å².